The molecule has 9 rings (SSSR count). The van der Waals surface area contributed by atoms with Crippen molar-refractivity contribution in [2.24, 2.45) is 34.8 Å². The monoisotopic (exact) mass is 1920 g/mol. The number of hydrogen-bond donors (Lipinski definition) is 17. The molecule has 2 aromatic heterocycles. The second-order valence-electron chi connectivity index (χ2n) is 36.2. The number of rotatable bonds is 27. The summed E-state index contributed by atoms with van der Waals surface area (Å²) in [4.78, 5) is 264. The fraction of sp³-hybridized carbons (Fsp3) is 0.531. The van der Waals surface area contributed by atoms with Gasteiger partial charge >= 0.3 is 0 Å². The summed E-state index contributed by atoms with van der Waals surface area (Å²) in [6, 6.07) is 8.48. The molecule has 3 fully saturated rings. The molecule has 3 saturated heterocycles. The van der Waals surface area contributed by atoms with Crippen LogP contribution in [0.15, 0.2) is 116 Å². The average molecular weight is 1920 g/mol. The highest BCUT2D eigenvalue weighted by atomic mass is 32.2. The molecule has 5 heterocycles. The van der Waals surface area contributed by atoms with E-state index in [4.69, 9.17) is 27.7 Å². The summed E-state index contributed by atoms with van der Waals surface area (Å²) >= 11 is 0.805. The van der Waals surface area contributed by atoms with Crippen LogP contribution in [-0.4, -0.2) is 296 Å². The molecule has 17 amide bonds. The van der Waals surface area contributed by atoms with Crippen molar-refractivity contribution in [3.8, 4) is 5.75 Å². The Morgan fingerprint density at radius 1 is 0.504 bits per heavy atom. The Hall–Kier alpha value is -13.0. The predicted molar refractivity (Wildman–Crippen MR) is 512 cm³/mol. The standard InChI is InChI=1S/C96H135N21O19S/c1-11-13-29-76-89(128)106-68(39-54(3)4)86(125)112-75(84(123)103-49-81(100)120)52-137-53-82(121)104-71(41-57-32-34-61(118)35-33-57)92(131)113(8)56(7)83(122)108-73(45-80(99)119)94(133)116-38-22-31-77(116)90(129)111-74(46-98)88(127)109-70(40-55(5)6)95(134)117-50-62(136-51-58-23-16-15-17-24-58)44-79(117)91(130)107-69(42-59-47-101-65-27-20-18-25-63(59)65)87(126)105-67(36-37-97)85(124)110-72(43-60-48-102-66-28-21-19-26-64(60)66)93(132)115(10)78(30-14-12-2)96(135)114(76)9/h15-21,23-28,32-35,47-48,54-56,62,67-79,101-102,118H,11-14,22,29-31,36-46,49-53,97-98H2,1-10H3,(H2,99,119)(H2,100,120)(H,103,123)(H,104,121)(H,105,126)(H,106,128)(H,107,130)(H,108,122)(H,109,127)(H,110,124)(H,111,129)(H,112,125)/t56-,62+,67-,68-,69-,70-,71-,72-,73-,74-,75-,76-,77-,78-,79-/m0/s1. The Bertz CT molecular complexity index is 5230. The van der Waals surface area contributed by atoms with Crippen LogP contribution in [0.3, 0.4) is 0 Å². The number of H-pyrrole nitrogens is 2. The number of para-hydroxylation sites is 2. The molecule has 40 nitrogen and oxygen atoms in total. The number of amides is 17. The lowest BCUT2D eigenvalue weighted by molar-refractivity contribution is -0.149. The van der Waals surface area contributed by atoms with Gasteiger partial charge in [-0.15, -0.1) is 11.8 Å². The van der Waals surface area contributed by atoms with E-state index in [0.717, 1.165) is 27.1 Å². The molecule has 0 radical (unpaired) electrons. The number of primary amides is 2. The zero-order valence-corrected chi connectivity index (χ0v) is 80.3. The Morgan fingerprint density at radius 2 is 1.01 bits per heavy atom. The van der Waals surface area contributed by atoms with E-state index in [1.165, 1.54) is 67.0 Å². The lowest BCUT2D eigenvalue weighted by atomic mass is 9.99. The van der Waals surface area contributed by atoms with E-state index in [1.807, 2.05) is 74.5 Å². The minimum absolute atomic E-state index is 0.00158. The first kappa shape index (κ1) is 108. The molecule has 15 atom stereocenters. The van der Waals surface area contributed by atoms with E-state index in [0.29, 0.717) is 64.2 Å². The number of phenolic OH excluding ortho intramolecular Hbond substituents is 1. The summed E-state index contributed by atoms with van der Waals surface area (Å²) in [6.45, 7) is 10.4. The van der Waals surface area contributed by atoms with Gasteiger partial charge in [-0.2, -0.15) is 0 Å². The van der Waals surface area contributed by atoms with E-state index >= 15 is 33.6 Å². The van der Waals surface area contributed by atoms with Crippen molar-refractivity contribution in [2.45, 2.75) is 248 Å². The summed E-state index contributed by atoms with van der Waals surface area (Å²) < 4.78 is 6.47. The van der Waals surface area contributed by atoms with E-state index in [9.17, 15) is 53.1 Å². The normalized spacial score (nSPS) is 24.7. The van der Waals surface area contributed by atoms with E-state index < -0.39 is 216 Å². The smallest absolute Gasteiger partial charge is 0.246 e. The molecule has 4 aromatic carbocycles. The van der Waals surface area contributed by atoms with Gasteiger partial charge in [-0.05, 0) is 117 Å². The molecule has 0 saturated carbocycles. The molecule has 0 unspecified atom stereocenters. The van der Waals surface area contributed by atoms with Gasteiger partial charge in [0, 0.05) is 106 Å². The Kier molecular flexibility index (Phi) is 40.7. The van der Waals surface area contributed by atoms with Crippen LogP contribution < -0.4 is 76.1 Å². The number of thioether (sulfide) groups is 1. The number of phenols is 1. The quantitative estimate of drug-likeness (QED) is 0.0332. The van der Waals surface area contributed by atoms with Crippen molar-refractivity contribution >= 4 is 134 Å². The van der Waals surface area contributed by atoms with Crippen molar-refractivity contribution in [3.05, 3.63) is 138 Å². The van der Waals surface area contributed by atoms with Crippen LogP contribution in [0.5, 0.6) is 5.75 Å². The number of carbonyl (C=O) groups is 17. The molecule has 3 aliphatic rings. The second kappa shape index (κ2) is 51.8. The third-order valence-corrected chi connectivity index (χ3v) is 25.9. The van der Waals surface area contributed by atoms with Crippen LogP contribution in [-0.2, 0) is 112 Å². The molecule has 0 spiro atoms. The molecule has 3 aliphatic heterocycles. The fourth-order valence-electron chi connectivity index (χ4n) is 17.2. The first-order valence-corrected chi connectivity index (χ1v) is 48.0. The summed E-state index contributed by atoms with van der Waals surface area (Å²) in [5.74, 6) is -16.6. The fourth-order valence-corrected chi connectivity index (χ4v) is 18.1. The number of hydrogen-bond acceptors (Lipinski definition) is 22. The van der Waals surface area contributed by atoms with Gasteiger partial charge in [0.25, 0.3) is 0 Å². The summed E-state index contributed by atoms with van der Waals surface area (Å²) in [5.41, 5.74) is 27.5. The van der Waals surface area contributed by atoms with Gasteiger partial charge in [0.1, 0.15) is 90.3 Å². The number of aromatic nitrogens is 2. The van der Waals surface area contributed by atoms with Gasteiger partial charge < -0.3 is 120 Å². The van der Waals surface area contributed by atoms with Gasteiger partial charge in [0.2, 0.25) is 100 Å². The van der Waals surface area contributed by atoms with Crippen LogP contribution in [0.4, 0.5) is 0 Å². The first-order valence-electron chi connectivity index (χ1n) is 46.8. The second-order valence-corrected chi connectivity index (χ2v) is 37.3. The zero-order valence-electron chi connectivity index (χ0n) is 79.5. The van der Waals surface area contributed by atoms with Gasteiger partial charge in [-0.25, -0.2) is 0 Å². The van der Waals surface area contributed by atoms with Gasteiger partial charge in [0.05, 0.1) is 31.4 Å². The maximum Gasteiger partial charge on any atom is 0.246 e. The van der Waals surface area contributed by atoms with Crippen molar-refractivity contribution in [2.75, 3.05) is 65.4 Å². The first-order chi connectivity index (χ1) is 65.3. The van der Waals surface area contributed by atoms with Crippen LogP contribution in [0.1, 0.15) is 154 Å². The van der Waals surface area contributed by atoms with Gasteiger partial charge in [-0.3, -0.25) is 81.5 Å². The van der Waals surface area contributed by atoms with E-state index in [2.05, 4.69) is 63.1 Å². The number of nitrogens with one attached hydrogen (secondary N) is 12. The Balaban J connectivity index is 1.11. The van der Waals surface area contributed by atoms with Crippen LogP contribution in [0, 0.1) is 11.8 Å². The number of nitrogens with zero attached hydrogens (tertiary/aromatic N) is 5. The molecule has 0 bridgehead atoms. The highest BCUT2D eigenvalue weighted by Crippen LogP contribution is 2.29. The van der Waals surface area contributed by atoms with Gasteiger partial charge in [0.15, 0.2) is 0 Å². The average Bonchev–Trinajstić information content (AvgIpc) is 1.05. The highest BCUT2D eigenvalue weighted by molar-refractivity contribution is 8.00. The number of aromatic hydroxyl groups is 1. The number of nitrogens with two attached hydrogens (primary N) is 4. The minimum Gasteiger partial charge on any atom is -0.508 e. The van der Waals surface area contributed by atoms with Crippen molar-refractivity contribution < 1.29 is 91.4 Å². The summed E-state index contributed by atoms with van der Waals surface area (Å²) in [5, 5.41) is 38.8. The number of carbonyl (C=O) groups excluding carboxylic acids is 17. The van der Waals surface area contributed by atoms with Crippen LogP contribution in [0.25, 0.3) is 21.8 Å². The largest absolute Gasteiger partial charge is 0.508 e. The molecule has 0 aliphatic carbocycles. The lowest BCUT2D eigenvalue weighted by Gasteiger charge is -2.36. The molecule has 744 valence electrons. The van der Waals surface area contributed by atoms with Crippen molar-refractivity contribution in [1.29, 1.82) is 0 Å². The number of ether oxygens (including phenoxy) is 1. The minimum atomic E-state index is -1.76. The van der Waals surface area contributed by atoms with Crippen LogP contribution >= 0.6 is 11.8 Å². The molecule has 137 heavy (non-hydrogen) atoms. The molecular formula is C96H135N21O19S. The zero-order chi connectivity index (χ0) is 100. The number of likely N-dealkylation sites (N-methyl/N-ethyl adjacent to an activating group) is 3. The Labute approximate surface area is 801 Å². The maximum atomic E-state index is 15.9. The number of benzene rings is 4. The van der Waals surface area contributed by atoms with E-state index in [-0.39, 0.29) is 120 Å². The van der Waals surface area contributed by atoms with Crippen molar-refractivity contribution in [1.82, 2.24) is 87.6 Å². The molecule has 6 aromatic rings. The predicted octanol–water partition coefficient (Wildman–Crippen LogP) is 0.428. The maximum absolute atomic E-state index is 15.9. The summed E-state index contributed by atoms with van der Waals surface area (Å²) in [6.07, 6.45) is 2.69. The highest BCUT2D eigenvalue weighted by Gasteiger charge is 2.47. The van der Waals surface area contributed by atoms with Crippen LogP contribution in [0.2, 0.25) is 0 Å². The lowest BCUT2D eigenvalue weighted by Crippen LogP contribution is -2.62. The van der Waals surface area contributed by atoms with Gasteiger partial charge in [-0.1, -0.05) is 146 Å². The molecule has 41 heteroatoms. The topological polar surface area (TPSA) is 592 Å². The third-order valence-electron chi connectivity index (χ3n) is 24.9. The molecular weight excluding hydrogens is 1780 g/mol. The number of unbranched alkanes of at least 4 members (excludes halogenated alkanes) is 2. The van der Waals surface area contributed by atoms with Crippen molar-refractivity contribution in [3.63, 3.8) is 0 Å². The van der Waals surface area contributed by atoms with E-state index in [1.54, 1.807) is 58.3 Å². The number of fused-ring (bicyclic) bond motifs is 4. The summed E-state index contributed by atoms with van der Waals surface area (Å²) in [7, 11) is 4.05. The Morgan fingerprint density at radius 3 is 1.62 bits per heavy atom. The third kappa shape index (κ3) is 30.2. The SMILES string of the molecule is CCCC[C@H]1C(=O)N(C)[C@@H](CCCC)C(=O)N[C@@H](CC(C)C)C(=O)N[C@H](C(=O)NCC(N)=O)CSCC(=O)N[C@@H](Cc2ccc(O)cc2)C(=O)N(C)[C@@H](C)C(=O)N[C@@H](CC(N)=O)C(=O)N2CCC[C@H]2C(=O)N[C@@H](CN)C(=O)N[C@@H](CC(C)C)C(=O)N2C[C@H](OCc3ccccc3)C[C@H]2C(=O)N[C@@H](Cc2c[nH]c3ccccc23)C(=O)N[C@@H](CCN)C(=O)N[C@@H](Cc2c[nH]c3ccccc23)C(=O)N1C. The molecule has 21 N–H and O–H groups in total. The number of aromatic amines is 2.